The van der Waals surface area contributed by atoms with E-state index in [1.807, 2.05) is 18.2 Å². The van der Waals surface area contributed by atoms with Crippen LogP contribution in [0.25, 0.3) is 5.69 Å². The number of piperazine rings is 1. The van der Waals surface area contributed by atoms with Gasteiger partial charge in [-0.2, -0.15) is 0 Å². The van der Waals surface area contributed by atoms with Crippen LogP contribution in [-0.2, 0) is 6.42 Å². The monoisotopic (exact) mass is 379 g/mol. The maximum Gasteiger partial charge on any atom is 0.257 e. The third-order valence-corrected chi connectivity index (χ3v) is 5.25. The van der Waals surface area contributed by atoms with Crippen LogP contribution in [0.2, 0.25) is 0 Å². The Balaban J connectivity index is 1.54. The van der Waals surface area contributed by atoms with Gasteiger partial charge in [0.25, 0.3) is 5.91 Å². The molecule has 1 fully saturated rings. The van der Waals surface area contributed by atoms with Crippen LogP contribution in [-0.4, -0.2) is 63.4 Å². The standard InChI is InChI=1S/C21H22FN5O/c1-25-11-12-26(15-18(25)13-16-5-3-2-4-6-16)21(28)19-14-17(7-8-20(19)22)27-10-9-23-24-27/h2-10,14,18H,11-13,15H2,1H3. The third-order valence-electron chi connectivity index (χ3n) is 5.25. The summed E-state index contributed by atoms with van der Waals surface area (Å²) in [5.41, 5.74) is 1.90. The molecule has 28 heavy (non-hydrogen) atoms. The molecule has 3 aromatic rings. The van der Waals surface area contributed by atoms with Crippen molar-refractivity contribution in [1.29, 1.82) is 0 Å². The Hall–Kier alpha value is -3.06. The van der Waals surface area contributed by atoms with Crippen LogP contribution in [0, 0.1) is 5.82 Å². The molecule has 144 valence electrons. The lowest BCUT2D eigenvalue weighted by molar-refractivity contribution is 0.0543. The Morgan fingerprint density at radius 3 is 2.75 bits per heavy atom. The summed E-state index contributed by atoms with van der Waals surface area (Å²) in [4.78, 5) is 17.1. The van der Waals surface area contributed by atoms with Gasteiger partial charge in [-0.3, -0.25) is 9.69 Å². The maximum atomic E-state index is 14.4. The molecule has 0 spiro atoms. The topological polar surface area (TPSA) is 54.3 Å². The first kappa shape index (κ1) is 18.3. The molecule has 1 atom stereocenters. The van der Waals surface area contributed by atoms with Gasteiger partial charge in [-0.05, 0) is 37.2 Å². The lowest BCUT2D eigenvalue weighted by atomic mass is 10.0. The second kappa shape index (κ2) is 7.90. The van der Waals surface area contributed by atoms with Gasteiger partial charge in [0.15, 0.2) is 0 Å². The SMILES string of the molecule is CN1CCN(C(=O)c2cc(-n3ccnn3)ccc2F)CC1Cc1ccccc1. The number of benzene rings is 2. The zero-order valence-electron chi connectivity index (χ0n) is 15.7. The minimum atomic E-state index is -0.521. The Morgan fingerprint density at radius 1 is 1.18 bits per heavy atom. The summed E-state index contributed by atoms with van der Waals surface area (Å²) in [7, 11) is 2.07. The maximum absolute atomic E-state index is 14.4. The van der Waals surface area contributed by atoms with Gasteiger partial charge in [0.1, 0.15) is 5.82 Å². The summed E-state index contributed by atoms with van der Waals surface area (Å²) >= 11 is 0. The minimum absolute atomic E-state index is 0.0658. The molecule has 7 heteroatoms. The lowest BCUT2D eigenvalue weighted by Crippen LogP contribution is -2.54. The number of hydrogen-bond donors (Lipinski definition) is 0. The van der Waals surface area contributed by atoms with Crippen molar-refractivity contribution in [3.8, 4) is 5.69 Å². The fourth-order valence-corrected chi connectivity index (χ4v) is 3.57. The Morgan fingerprint density at radius 2 is 2.00 bits per heavy atom. The van der Waals surface area contributed by atoms with E-state index in [1.54, 1.807) is 23.4 Å². The zero-order valence-corrected chi connectivity index (χ0v) is 15.7. The summed E-state index contributed by atoms with van der Waals surface area (Å²) in [6.07, 6.45) is 4.05. The number of rotatable bonds is 4. The molecule has 4 rings (SSSR count). The number of carbonyl (C=O) groups excluding carboxylic acids is 1. The number of halogens is 1. The number of carbonyl (C=O) groups is 1. The number of hydrogen-bond acceptors (Lipinski definition) is 4. The molecule has 2 heterocycles. The van der Waals surface area contributed by atoms with Crippen molar-refractivity contribution in [3.05, 3.63) is 77.9 Å². The molecule has 1 aromatic heterocycles. The molecule has 0 N–H and O–H groups in total. The van der Waals surface area contributed by atoms with E-state index in [-0.39, 0.29) is 17.5 Å². The summed E-state index contributed by atoms with van der Waals surface area (Å²) in [5, 5.41) is 7.67. The fourth-order valence-electron chi connectivity index (χ4n) is 3.57. The number of aromatic nitrogens is 3. The second-order valence-electron chi connectivity index (χ2n) is 7.09. The molecule has 1 aliphatic rings. The van der Waals surface area contributed by atoms with Gasteiger partial charge in [-0.1, -0.05) is 35.5 Å². The fraction of sp³-hybridized carbons (Fsp3) is 0.286. The lowest BCUT2D eigenvalue weighted by Gasteiger charge is -2.39. The molecular formula is C21H22FN5O. The summed E-state index contributed by atoms with van der Waals surface area (Å²) in [6, 6.07) is 14.8. The van der Waals surface area contributed by atoms with Crippen molar-refractivity contribution in [2.24, 2.45) is 0 Å². The summed E-state index contributed by atoms with van der Waals surface area (Å²) < 4.78 is 15.9. The van der Waals surface area contributed by atoms with Crippen LogP contribution in [0.5, 0.6) is 0 Å². The van der Waals surface area contributed by atoms with E-state index in [0.29, 0.717) is 18.8 Å². The molecule has 0 saturated carbocycles. The van der Waals surface area contributed by atoms with E-state index in [2.05, 4.69) is 34.4 Å². The predicted octanol–water partition coefficient (Wildman–Crippen LogP) is 2.41. The van der Waals surface area contributed by atoms with Crippen LogP contribution >= 0.6 is 0 Å². The number of amides is 1. The minimum Gasteiger partial charge on any atom is -0.336 e. The molecular weight excluding hydrogens is 357 g/mol. The van der Waals surface area contributed by atoms with Crippen molar-refractivity contribution in [1.82, 2.24) is 24.8 Å². The zero-order chi connectivity index (χ0) is 19.5. The van der Waals surface area contributed by atoms with Gasteiger partial charge in [0.05, 0.1) is 23.6 Å². The molecule has 1 amide bonds. The molecule has 2 aromatic carbocycles. The van der Waals surface area contributed by atoms with Crippen LogP contribution in [0.3, 0.4) is 0 Å². The van der Waals surface area contributed by atoms with Gasteiger partial charge >= 0.3 is 0 Å². The predicted molar refractivity (Wildman–Crippen MR) is 104 cm³/mol. The smallest absolute Gasteiger partial charge is 0.257 e. The van der Waals surface area contributed by atoms with Crippen molar-refractivity contribution >= 4 is 5.91 Å². The van der Waals surface area contributed by atoms with Gasteiger partial charge in [0, 0.05) is 25.7 Å². The first-order chi connectivity index (χ1) is 13.6. The van der Waals surface area contributed by atoms with E-state index in [4.69, 9.17) is 0 Å². The van der Waals surface area contributed by atoms with Gasteiger partial charge in [-0.25, -0.2) is 9.07 Å². The van der Waals surface area contributed by atoms with Crippen LogP contribution in [0.4, 0.5) is 4.39 Å². The number of nitrogens with zero attached hydrogens (tertiary/aromatic N) is 5. The van der Waals surface area contributed by atoms with Gasteiger partial charge in [-0.15, -0.1) is 5.10 Å². The highest BCUT2D eigenvalue weighted by Gasteiger charge is 2.29. The summed E-state index contributed by atoms with van der Waals surface area (Å²) in [5.74, 6) is -0.807. The largest absolute Gasteiger partial charge is 0.336 e. The molecule has 0 aliphatic carbocycles. The number of likely N-dealkylation sites (N-methyl/N-ethyl adjacent to an activating group) is 1. The normalized spacial score (nSPS) is 17.6. The van der Waals surface area contributed by atoms with Crippen LogP contribution in [0.1, 0.15) is 15.9 Å². The highest BCUT2D eigenvalue weighted by Crippen LogP contribution is 2.19. The van der Waals surface area contributed by atoms with Crippen molar-refractivity contribution in [2.45, 2.75) is 12.5 Å². The van der Waals surface area contributed by atoms with E-state index in [9.17, 15) is 9.18 Å². The van der Waals surface area contributed by atoms with Gasteiger partial charge < -0.3 is 4.90 Å². The third kappa shape index (κ3) is 3.80. The molecule has 1 saturated heterocycles. The quantitative estimate of drug-likeness (QED) is 0.699. The van der Waals surface area contributed by atoms with E-state index in [0.717, 1.165) is 13.0 Å². The molecule has 1 unspecified atom stereocenters. The molecule has 0 radical (unpaired) electrons. The Bertz CT molecular complexity index is 945. The second-order valence-corrected chi connectivity index (χ2v) is 7.09. The van der Waals surface area contributed by atoms with E-state index < -0.39 is 5.82 Å². The van der Waals surface area contributed by atoms with Crippen LogP contribution in [0.15, 0.2) is 60.9 Å². The van der Waals surface area contributed by atoms with E-state index >= 15 is 0 Å². The van der Waals surface area contributed by atoms with Crippen molar-refractivity contribution in [2.75, 3.05) is 26.7 Å². The Labute approximate surface area is 163 Å². The van der Waals surface area contributed by atoms with Gasteiger partial charge in [0.2, 0.25) is 0 Å². The summed E-state index contributed by atoms with van der Waals surface area (Å²) in [6.45, 7) is 1.90. The van der Waals surface area contributed by atoms with Crippen molar-refractivity contribution < 1.29 is 9.18 Å². The molecule has 6 nitrogen and oxygen atoms in total. The highest BCUT2D eigenvalue weighted by molar-refractivity contribution is 5.95. The first-order valence-electron chi connectivity index (χ1n) is 9.31. The Kier molecular flexibility index (Phi) is 5.16. The molecule has 0 bridgehead atoms. The first-order valence-corrected chi connectivity index (χ1v) is 9.31. The highest BCUT2D eigenvalue weighted by atomic mass is 19.1. The van der Waals surface area contributed by atoms with Crippen LogP contribution < -0.4 is 0 Å². The average molecular weight is 379 g/mol. The van der Waals surface area contributed by atoms with Crippen molar-refractivity contribution in [3.63, 3.8) is 0 Å². The van der Waals surface area contributed by atoms with E-state index in [1.165, 1.54) is 22.4 Å². The molecule has 1 aliphatic heterocycles. The average Bonchev–Trinajstić information content (AvgIpc) is 3.25.